The van der Waals surface area contributed by atoms with E-state index in [1.165, 1.54) is 29.7 Å². The number of nitrogens with zero attached hydrogens (tertiary/aromatic N) is 1. The molecule has 1 aromatic rings. The molecule has 0 spiro atoms. The maximum absolute atomic E-state index is 2.59. The molecule has 0 N–H and O–H groups in total. The molecule has 1 aromatic carbocycles. The largest absolute Gasteiger partial charge is 0.360 e. The van der Waals surface area contributed by atoms with Crippen LogP contribution in [-0.2, 0) is 0 Å². The zero-order valence-corrected chi connectivity index (χ0v) is 15.4. The van der Waals surface area contributed by atoms with Crippen LogP contribution in [0.5, 0.6) is 0 Å². The van der Waals surface area contributed by atoms with E-state index in [4.69, 9.17) is 0 Å². The molecule has 2 aliphatic rings. The molecule has 126 valence electrons. The summed E-state index contributed by atoms with van der Waals surface area (Å²) in [5, 5.41) is 0. The lowest BCUT2D eigenvalue weighted by Crippen LogP contribution is -2.37. The molecule has 24 heavy (non-hydrogen) atoms. The molecule has 0 amide bonds. The zero-order valence-electron chi connectivity index (χ0n) is 15.4. The van der Waals surface area contributed by atoms with Gasteiger partial charge in [-0.05, 0) is 44.4 Å². The minimum atomic E-state index is 0.102. The van der Waals surface area contributed by atoms with E-state index in [1.54, 1.807) is 5.57 Å². The van der Waals surface area contributed by atoms with Crippen molar-refractivity contribution in [3.63, 3.8) is 0 Å². The molecule has 1 atom stereocenters. The van der Waals surface area contributed by atoms with Crippen LogP contribution in [0.3, 0.4) is 0 Å². The Morgan fingerprint density at radius 2 is 1.75 bits per heavy atom. The van der Waals surface area contributed by atoms with Crippen LogP contribution in [0.1, 0.15) is 40.5 Å². The second-order valence-electron chi connectivity index (χ2n) is 7.76. The molecule has 0 radical (unpaired) electrons. The van der Waals surface area contributed by atoms with Crippen molar-refractivity contribution in [1.82, 2.24) is 0 Å². The number of benzene rings is 1. The van der Waals surface area contributed by atoms with Gasteiger partial charge in [0, 0.05) is 17.6 Å². The molecular weight excluding hydrogens is 290 g/mol. The minimum absolute atomic E-state index is 0.102. The van der Waals surface area contributed by atoms with Gasteiger partial charge in [0.2, 0.25) is 0 Å². The molecule has 0 saturated heterocycles. The van der Waals surface area contributed by atoms with Gasteiger partial charge in [0.05, 0.1) is 6.04 Å². The summed E-state index contributed by atoms with van der Waals surface area (Å²) in [6.45, 7) is 10.2. The van der Waals surface area contributed by atoms with Crippen molar-refractivity contribution >= 4 is 5.69 Å². The van der Waals surface area contributed by atoms with Gasteiger partial charge in [0.15, 0.2) is 0 Å². The second kappa shape index (κ2) is 6.84. The Morgan fingerprint density at radius 3 is 2.50 bits per heavy atom. The van der Waals surface area contributed by atoms with Crippen LogP contribution < -0.4 is 4.90 Å². The number of hydrogen-bond acceptors (Lipinski definition) is 1. The van der Waals surface area contributed by atoms with Crippen LogP contribution in [-0.4, -0.2) is 12.6 Å². The van der Waals surface area contributed by atoms with Gasteiger partial charge in [-0.2, -0.15) is 0 Å². The number of para-hydroxylation sites is 1. The van der Waals surface area contributed by atoms with Crippen molar-refractivity contribution in [3.05, 3.63) is 77.4 Å². The monoisotopic (exact) mass is 319 g/mol. The van der Waals surface area contributed by atoms with Crippen LogP contribution in [0.25, 0.3) is 0 Å². The predicted molar refractivity (Wildman–Crippen MR) is 105 cm³/mol. The highest BCUT2D eigenvalue weighted by Gasteiger charge is 2.27. The first kappa shape index (κ1) is 16.8. The first-order chi connectivity index (χ1) is 11.5. The summed E-state index contributed by atoms with van der Waals surface area (Å²) in [6, 6.07) is 11.3. The van der Waals surface area contributed by atoms with E-state index in [-0.39, 0.29) is 5.41 Å². The lowest BCUT2D eigenvalue weighted by atomic mass is 9.88. The van der Waals surface area contributed by atoms with Crippen LogP contribution in [0, 0.1) is 5.41 Å². The van der Waals surface area contributed by atoms with Crippen molar-refractivity contribution in [2.75, 3.05) is 11.4 Å². The fourth-order valence-corrected chi connectivity index (χ4v) is 3.66. The average molecular weight is 319 g/mol. The summed E-state index contributed by atoms with van der Waals surface area (Å²) in [7, 11) is 0. The summed E-state index contributed by atoms with van der Waals surface area (Å²) < 4.78 is 0. The zero-order chi connectivity index (χ0) is 17.2. The summed E-state index contributed by atoms with van der Waals surface area (Å²) in [6.07, 6.45) is 13.8. The van der Waals surface area contributed by atoms with Gasteiger partial charge in [-0.15, -0.1) is 0 Å². The molecular formula is C23H29N. The standard InChI is InChI=1S/C23H29N/c1-18-13-14-22(20-10-8-9-15-23(3,4)16-20)24(17-19(18)2)21-11-6-5-7-12-21/h5-12,15-16,22H,13-14,17H2,1-4H3. The predicted octanol–water partition coefficient (Wildman–Crippen LogP) is 6.07. The number of rotatable bonds is 2. The lowest BCUT2D eigenvalue weighted by molar-refractivity contribution is 0.598. The van der Waals surface area contributed by atoms with E-state index >= 15 is 0 Å². The first-order valence-electron chi connectivity index (χ1n) is 9.02. The molecule has 3 rings (SSSR count). The number of allylic oxidation sites excluding steroid dienone is 5. The molecule has 1 aliphatic carbocycles. The first-order valence-corrected chi connectivity index (χ1v) is 9.02. The Hall–Kier alpha value is -2.02. The Morgan fingerprint density at radius 1 is 1.00 bits per heavy atom. The highest BCUT2D eigenvalue weighted by atomic mass is 15.2. The van der Waals surface area contributed by atoms with Gasteiger partial charge in [0.1, 0.15) is 0 Å². The number of hydrogen-bond donors (Lipinski definition) is 0. The SMILES string of the molecule is CC1=C(C)CN(c2ccccc2)C(C2=CC(C)(C)C=CC=C2)CC1. The van der Waals surface area contributed by atoms with Gasteiger partial charge in [-0.3, -0.25) is 0 Å². The molecule has 1 aliphatic heterocycles. The van der Waals surface area contributed by atoms with Crippen molar-refractivity contribution < 1.29 is 0 Å². The van der Waals surface area contributed by atoms with Gasteiger partial charge < -0.3 is 4.90 Å². The Kier molecular flexibility index (Phi) is 4.80. The van der Waals surface area contributed by atoms with Gasteiger partial charge >= 0.3 is 0 Å². The Bertz CT molecular complexity index is 701. The summed E-state index contributed by atoms with van der Waals surface area (Å²) in [5.74, 6) is 0. The lowest BCUT2D eigenvalue weighted by Gasteiger charge is -2.34. The fraction of sp³-hybridized carbons (Fsp3) is 0.391. The smallest absolute Gasteiger partial charge is 0.0546 e. The second-order valence-corrected chi connectivity index (χ2v) is 7.76. The van der Waals surface area contributed by atoms with Crippen molar-refractivity contribution in [3.8, 4) is 0 Å². The summed E-state index contributed by atoms with van der Waals surface area (Å²) in [4.78, 5) is 2.59. The third-order valence-electron chi connectivity index (χ3n) is 5.24. The normalized spacial score (nSPS) is 23.8. The molecule has 1 unspecified atom stereocenters. The quantitative estimate of drug-likeness (QED) is 0.598. The van der Waals surface area contributed by atoms with Crippen molar-refractivity contribution in [1.29, 1.82) is 0 Å². The van der Waals surface area contributed by atoms with E-state index in [2.05, 4.69) is 93.3 Å². The molecule has 0 fully saturated rings. The van der Waals surface area contributed by atoms with Gasteiger partial charge in [0.25, 0.3) is 0 Å². The third-order valence-corrected chi connectivity index (χ3v) is 5.24. The number of anilines is 1. The maximum Gasteiger partial charge on any atom is 0.0546 e. The van der Waals surface area contributed by atoms with E-state index in [9.17, 15) is 0 Å². The van der Waals surface area contributed by atoms with E-state index < -0.39 is 0 Å². The van der Waals surface area contributed by atoms with Gasteiger partial charge in [-0.1, -0.05) is 73.6 Å². The molecule has 1 heteroatoms. The van der Waals surface area contributed by atoms with Gasteiger partial charge in [-0.25, -0.2) is 0 Å². The Labute approximate surface area is 147 Å². The molecule has 1 heterocycles. The van der Waals surface area contributed by atoms with E-state index in [1.807, 2.05) is 0 Å². The summed E-state index contributed by atoms with van der Waals surface area (Å²) in [5.41, 5.74) is 5.92. The van der Waals surface area contributed by atoms with Crippen LogP contribution >= 0.6 is 0 Å². The Balaban J connectivity index is 2.02. The third kappa shape index (κ3) is 3.72. The summed E-state index contributed by atoms with van der Waals surface area (Å²) >= 11 is 0. The minimum Gasteiger partial charge on any atom is -0.360 e. The molecule has 0 bridgehead atoms. The van der Waals surface area contributed by atoms with Crippen LogP contribution in [0.4, 0.5) is 5.69 Å². The van der Waals surface area contributed by atoms with Crippen molar-refractivity contribution in [2.45, 2.75) is 46.6 Å². The van der Waals surface area contributed by atoms with E-state index in [0.717, 1.165) is 6.54 Å². The van der Waals surface area contributed by atoms with E-state index in [0.29, 0.717) is 6.04 Å². The molecule has 0 saturated carbocycles. The molecule has 1 nitrogen and oxygen atoms in total. The maximum atomic E-state index is 2.59. The highest BCUT2D eigenvalue weighted by molar-refractivity contribution is 5.53. The van der Waals surface area contributed by atoms with Crippen LogP contribution in [0.2, 0.25) is 0 Å². The topological polar surface area (TPSA) is 3.24 Å². The fourth-order valence-electron chi connectivity index (χ4n) is 3.66. The highest BCUT2D eigenvalue weighted by Crippen LogP contribution is 2.34. The average Bonchev–Trinajstić information content (AvgIpc) is 2.83. The van der Waals surface area contributed by atoms with Crippen LogP contribution in [0.15, 0.2) is 77.4 Å². The molecule has 0 aromatic heterocycles. The van der Waals surface area contributed by atoms with Crippen molar-refractivity contribution in [2.24, 2.45) is 5.41 Å².